The lowest BCUT2D eigenvalue weighted by Gasteiger charge is -2.02. The lowest BCUT2D eigenvalue weighted by atomic mass is 10.2. The summed E-state index contributed by atoms with van der Waals surface area (Å²) in [5, 5.41) is 17.5. The van der Waals surface area contributed by atoms with Gasteiger partial charge in [0.2, 0.25) is 0 Å². The molecule has 18 heavy (non-hydrogen) atoms. The molecular formula is C12H12N4OS. The molecule has 92 valence electrons. The van der Waals surface area contributed by atoms with Crippen LogP contribution in [0.5, 0.6) is 0 Å². The molecule has 0 fully saturated rings. The van der Waals surface area contributed by atoms with Gasteiger partial charge in [0.15, 0.2) is 5.82 Å². The predicted octanol–water partition coefficient (Wildman–Crippen LogP) is 2.17. The molecular weight excluding hydrogens is 248 g/mol. The van der Waals surface area contributed by atoms with Crippen LogP contribution in [0, 0.1) is 11.3 Å². The topological polar surface area (TPSA) is 70.7 Å². The minimum Gasteiger partial charge on any atom is -0.303 e. The maximum absolute atomic E-state index is 12.1. The van der Waals surface area contributed by atoms with Gasteiger partial charge in [-0.15, -0.1) is 11.3 Å². The number of carbonyl (C=O) groups is 1. The van der Waals surface area contributed by atoms with Gasteiger partial charge in [0.1, 0.15) is 11.6 Å². The summed E-state index contributed by atoms with van der Waals surface area (Å²) in [5.41, 5.74) is 1.37. The second-order valence-electron chi connectivity index (χ2n) is 3.76. The minimum absolute atomic E-state index is 0.211. The second-order valence-corrected chi connectivity index (χ2v) is 4.68. The zero-order valence-corrected chi connectivity index (χ0v) is 10.9. The number of thiophene rings is 1. The summed E-state index contributed by atoms with van der Waals surface area (Å²) < 4.78 is 1.50. The molecule has 0 radical (unpaired) electrons. The standard InChI is InChI=1S/C12H12N4OS/c1-3-8-4-5-18-10(8)12(17)14-11-9(6-13)7-16(2)15-11/h4-5,7H,3H2,1-2H3,(H,14,15,17). The van der Waals surface area contributed by atoms with Gasteiger partial charge in [0.05, 0.1) is 4.88 Å². The molecule has 0 unspecified atom stereocenters. The fraction of sp³-hybridized carbons (Fsp3) is 0.250. The van der Waals surface area contributed by atoms with Gasteiger partial charge in [-0.2, -0.15) is 10.4 Å². The molecule has 0 spiro atoms. The molecule has 2 aromatic heterocycles. The van der Waals surface area contributed by atoms with E-state index in [1.165, 1.54) is 16.0 Å². The zero-order chi connectivity index (χ0) is 13.1. The number of nitrogens with zero attached hydrogens (tertiary/aromatic N) is 3. The Hall–Kier alpha value is -2.13. The van der Waals surface area contributed by atoms with E-state index >= 15 is 0 Å². The van der Waals surface area contributed by atoms with Crippen molar-refractivity contribution in [2.75, 3.05) is 5.32 Å². The van der Waals surface area contributed by atoms with E-state index in [2.05, 4.69) is 10.4 Å². The van der Waals surface area contributed by atoms with Crippen LogP contribution in [0.25, 0.3) is 0 Å². The summed E-state index contributed by atoms with van der Waals surface area (Å²) in [7, 11) is 1.71. The quantitative estimate of drug-likeness (QED) is 0.919. The fourth-order valence-corrected chi connectivity index (χ4v) is 2.53. The van der Waals surface area contributed by atoms with Crippen LogP contribution in [0.2, 0.25) is 0 Å². The van der Waals surface area contributed by atoms with E-state index in [1.807, 2.05) is 24.4 Å². The van der Waals surface area contributed by atoms with E-state index in [9.17, 15) is 4.79 Å². The maximum Gasteiger partial charge on any atom is 0.267 e. The molecule has 0 aliphatic heterocycles. The van der Waals surface area contributed by atoms with Crippen LogP contribution in [0.1, 0.15) is 27.7 Å². The first-order chi connectivity index (χ1) is 8.65. The number of nitrogens with one attached hydrogen (secondary N) is 1. The Balaban J connectivity index is 2.24. The smallest absolute Gasteiger partial charge is 0.267 e. The Morgan fingerprint density at radius 2 is 2.44 bits per heavy atom. The summed E-state index contributed by atoms with van der Waals surface area (Å²) in [6.45, 7) is 2.00. The van der Waals surface area contributed by atoms with Gasteiger partial charge in [-0.1, -0.05) is 6.92 Å². The van der Waals surface area contributed by atoms with Gasteiger partial charge in [0, 0.05) is 13.2 Å². The largest absolute Gasteiger partial charge is 0.303 e. The van der Waals surface area contributed by atoms with Gasteiger partial charge in [-0.05, 0) is 23.4 Å². The maximum atomic E-state index is 12.1. The van der Waals surface area contributed by atoms with Gasteiger partial charge < -0.3 is 5.32 Å². The van der Waals surface area contributed by atoms with Crippen molar-refractivity contribution in [1.82, 2.24) is 9.78 Å². The Bertz CT molecular complexity index is 620. The third-order valence-corrected chi connectivity index (χ3v) is 3.47. The first-order valence-corrected chi connectivity index (χ1v) is 6.35. The van der Waals surface area contributed by atoms with Gasteiger partial charge in [0.25, 0.3) is 5.91 Å². The molecule has 2 aromatic rings. The summed E-state index contributed by atoms with van der Waals surface area (Å²) in [5.74, 6) is 0.0949. The Kier molecular flexibility index (Phi) is 3.44. The molecule has 0 saturated carbocycles. The number of anilines is 1. The number of aryl methyl sites for hydroxylation is 2. The van der Waals surface area contributed by atoms with Crippen molar-refractivity contribution in [3.05, 3.63) is 33.6 Å². The van der Waals surface area contributed by atoms with Crippen molar-refractivity contribution < 1.29 is 4.79 Å². The van der Waals surface area contributed by atoms with Crippen molar-refractivity contribution >= 4 is 23.1 Å². The van der Waals surface area contributed by atoms with Crippen LogP contribution in [-0.2, 0) is 13.5 Å². The van der Waals surface area contributed by atoms with E-state index in [0.29, 0.717) is 16.3 Å². The molecule has 0 aliphatic carbocycles. The van der Waals surface area contributed by atoms with E-state index in [1.54, 1.807) is 13.2 Å². The number of rotatable bonds is 3. The number of hydrogen-bond acceptors (Lipinski definition) is 4. The normalized spacial score (nSPS) is 10.1. The average molecular weight is 260 g/mol. The zero-order valence-electron chi connectivity index (χ0n) is 10.1. The van der Waals surface area contributed by atoms with Crippen LogP contribution < -0.4 is 5.32 Å². The van der Waals surface area contributed by atoms with E-state index in [-0.39, 0.29) is 5.91 Å². The fourth-order valence-electron chi connectivity index (χ4n) is 1.64. The summed E-state index contributed by atoms with van der Waals surface area (Å²) in [4.78, 5) is 12.7. The van der Waals surface area contributed by atoms with Crippen molar-refractivity contribution in [3.63, 3.8) is 0 Å². The van der Waals surface area contributed by atoms with Crippen LogP contribution in [0.4, 0.5) is 5.82 Å². The highest BCUT2D eigenvalue weighted by Gasteiger charge is 2.15. The van der Waals surface area contributed by atoms with Crippen molar-refractivity contribution in [2.45, 2.75) is 13.3 Å². The summed E-state index contributed by atoms with van der Waals surface area (Å²) in [6, 6.07) is 3.93. The van der Waals surface area contributed by atoms with Crippen molar-refractivity contribution in [2.24, 2.45) is 7.05 Å². The number of hydrogen-bond donors (Lipinski definition) is 1. The highest BCUT2D eigenvalue weighted by molar-refractivity contribution is 7.12. The molecule has 0 saturated heterocycles. The number of carbonyl (C=O) groups excluding carboxylic acids is 1. The SMILES string of the molecule is CCc1ccsc1C(=O)Nc1nn(C)cc1C#N. The molecule has 1 amide bonds. The monoisotopic (exact) mass is 260 g/mol. The Morgan fingerprint density at radius 1 is 1.67 bits per heavy atom. The number of nitriles is 1. The van der Waals surface area contributed by atoms with Gasteiger partial charge >= 0.3 is 0 Å². The highest BCUT2D eigenvalue weighted by atomic mass is 32.1. The number of aromatic nitrogens is 2. The molecule has 0 aliphatic rings. The Labute approximate surface area is 109 Å². The molecule has 0 aromatic carbocycles. The molecule has 5 nitrogen and oxygen atoms in total. The molecule has 2 heterocycles. The third-order valence-electron chi connectivity index (χ3n) is 2.52. The molecule has 0 bridgehead atoms. The molecule has 1 N–H and O–H groups in total. The van der Waals surface area contributed by atoms with E-state index in [4.69, 9.17) is 5.26 Å². The van der Waals surface area contributed by atoms with Crippen molar-refractivity contribution in [1.29, 1.82) is 5.26 Å². The first kappa shape index (κ1) is 12.3. The number of amides is 1. The van der Waals surface area contributed by atoms with Crippen LogP contribution >= 0.6 is 11.3 Å². The molecule has 0 atom stereocenters. The highest BCUT2D eigenvalue weighted by Crippen LogP contribution is 2.20. The van der Waals surface area contributed by atoms with Crippen molar-refractivity contribution in [3.8, 4) is 6.07 Å². The molecule has 6 heteroatoms. The lowest BCUT2D eigenvalue weighted by Crippen LogP contribution is -2.13. The van der Waals surface area contributed by atoms with Crippen LogP contribution in [0.3, 0.4) is 0 Å². The van der Waals surface area contributed by atoms with Crippen LogP contribution in [-0.4, -0.2) is 15.7 Å². The lowest BCUT2D eigenvalue weighted by molar-refractivity contribution is 0.102. The van der Waals surface area contributed by atoms with E-state index < -0.39 is 0 Å². The predicted molar refractivity (Wildman–Crippen MR) is 69.6 cm³/mol. The van der Waals surface area contributed by atoms with Crippen LogP contribution in [0.15, 0.2) is 17.6 Å². The van der Waals surface area contributed by atoms with E-state index in [0.717, 1.165) is 12.0 Å². The first-order valence-electron chi connectivity index (χ1n) is 5.47. The van der Waals surface area contributed by atoms with Gasteiger partial charge in [-0.25, -0.2) is 0 Å². The third kappa shape index (κ3) is 2.26. The summed E-state index contributed by atoms with van der Waals surface area (Å²) >= 11 is 1.39. The average Bonchev–Trinajstić information content (AvgIpc) is 2.95. The molecule has 2 rings (SSSR count). The minimum atomic E-state index is -0.211. The Morgan fingerprint density at radius 3 is 3.11 bits per heavy atom. The second kappa shape index (κ2) is 5.02. The van der Waals surface area contributed by atoms with Gasteiger partial charge in [-0.3, -0.25) is 9.48 Å². The summed E-state index contributed by atoms with van der Waals surface area (Å²) in [6.07, 6.45) is 2.38.